The van der Waals surface area contributed by atoms with Gasteiger partial charge in [-0.25, -0.2) is 13.1 Å². The van der Waals surface area contributed by atoms with E-state index in [1.807, 2.05) is 0 Å². The summed E-state index contributed by atoms with van der Waals surface area (Å²) in [5, 5.41) is 10.7. The molecule has 2 aliphatic rings. The number of nitrogens with zero attached hydrogens (tertiary/aromatic N) is 4. The average Bonchev–Trinajstić information content (AvgIpc) is 3.26. The number of methoxy groups -OCH3 is 2. The fraction of sp³-hybridized carbons (Fsp3) is 0.550. The minimum Gasteiger partial charge on any atom is -0.493 e. The zero-order valence-electron chi connectivity index (χ0n) is 17.9. The van der Waals surface area contributed by atoms with Crippen LogP contribution in [0.3, 0.4) is 0 Å². The first-order valence-corrected chi connectivity index (χ1v) is 11.6. The van der Waals surface area contributed by atoms with Crippen molar-refractivity contribution in [3.63, 3.8) is 0 Å². The maximum absolute atomic E-state index is 13.2. The van der Waals surface area contributed by atoms with Crippen LogP contribution < -0.4 is 14.8 Å². The molecule has 2 aromatic rings. The van der Waals surface area contributed by atoms with Crippen molar-refractivity contribution in [2.24, 2.45) is 5.41 Å². The Morgan fingerprint density at radius 2 is 1.87 bits per heavy atom. The molecule has 4 rings (SSSR count). The second-order valence-electron chi connectivity index (χ2n) is 8.00. The van der Waals surface area contributed by atoms with E-state index in [1.165, 1.54) is 24.6 Å². The van der Waals surface area contributed by atoms with E-state index < -0.39 is 10.0 Å². The first kappa shape index (κ1) is 21.6. The normalized spacial score (nSPS) is 20.8. The zero-order chi connectivity index (χ0) is 22.2. The fourth-order valence-corrected chi connectivity index (χ4v) is 6.09. The van der Waals surface area contributed by atoms with Crippen LogP contribution in [0.1, 0.15) is 42.2 Å². The summed E-state index contributed by atoms with van der Waals surface area (Å²) in [4.78, 5) is 12.0. The van der Waals surface area contributed by atoms with Gasteiger partial charge in [-0.1, -0.05) is 5.21 Å². The van der Waals surface area contributed by atoms with E-state index in [-0.39, 0.29) is 28.0 Å². The number of hydrogen-bond donors (Lipinski definition) is 1. The highest BCUT2D eigenvalue weighted by atomic mass is 32.2. The number of amides is 1. The second kappa shape index (κ2) is 8.12. The van der Waals surface area contributed by atoms with Crippen LogP contribution in [0.4, 0.5) is 0 Å². The lowest BCUT2D eigenvalue weighted by molar-refractivity contribution is -0.0160. The van der Waals surface area contributed by atoms with Crippen LogP contribution in [0.15, 0.2) is 29.3 Å². The highest BCUT2D eigenvalue weighted by Gasteiger charge is 2.51. The Morgan fingerprint density at radius 1 is 1.16 bits per heavy atom. The minimum absolute atomic E-state index is 0.0166. The maximum atomic E-state index is 13.2. The zero-order valence-corrected chi connectivity index (χ0v) is 18.7. The largest absolute Gasteiger partial charge is 0.493 e. The minimum atomic E-state index is -3.64. The van der Waals surface area contributed by atoms with Crippen molar-refractivity contribution in [3.05, 3.63) is 30.1 Å². The van der Waals surface area contributed by atoms with Crippen molar-refractivity contribution >= 4 is 15.9 Å². The summed E-state index contributed by atoms with van der Waals surface area (Å²) in [6.45, 7) is 0.869. The lowest BCUT2D eigenvalue weighted by Gasteiger charge is -2.53. The molecule has 1 aliphatic carbocycles. The summed E-state index contributed by atoms with van der Waals surface area (Å²) >= 11 is 0. The van der Waals surface area contributed by atoms with Gasteiger partial charge in [0.25, 0.3) is 5.91 Å². The van der Waals surface area contributed by atoms with Crippen LogP contribution >= 0.6 is 0 Å². The molecule has 1 saturated heterocycles. The molecule has 0 bridgehead atoms. The number of aromatic nitrogens is 3. The molecule has 1 atom stereocenters. The third kappa shape index (κ3) is 3.65. The van der Waals surface area contributed by atoms with E-state index in [2.05, 4.69) is 15.6 Å². The van der Waals surface area contributed by atoms with Gasteiger partial charge in [-0.3, -0.25) is 4.79 Å². The number of carbonyl (C=O) groups excluding carboxylic acids is 1. The van der Waals surface area contributed by atoms with Crippen LogP contribution in [-0.4, -0.2) is 68.0 Å². The molecular formula is C20H27N5O5S. The van der Waals surface area contributed by atoms with Crippen molar-refractivity contribution < 1.29 is 22.7 Å². The SMILES string of the molecule is CNC(=O)c1cn(C2CCC23CCN(S(=O)(=O)c2ccc(OC)c(OC)c2)CC3)nn1. The lowest BCUT2D eigenvalue weighted by atomic mass is 9.59. The van der Waals surface area contributed by atoms with Crippen molar-refractivity contribution in [2.75, 3.05) is 34.4 Å². The molecule has 1 saturated carbocycles. The van der Waals surface area contributed by atoms with Crippen molar-refractivity contribution in [3.8, 4) is 11.5 Å². The molecule has 168 valence electrons. The lowest BCUT2D eigenvalue weighted by Crippen LogP contribution is -2.51. The van der Waals surface area contributed by atoms with Gasteiger partial charge in [0.05, 0.1) is 31.4 Å². The van der Waals surface area contributed by atoms with Crippen LogP contribution in [0.25, 0.3) is 0 Å². The smallest absolute Gasteiger partial charge is 0.273 e. The number of rotatable bonds is 6. The van der Waals surface area contributed by atoms with Gasteiger partial charge >= 0.3 is 0 Å². The summed E-state index contributed by atoms with van der Waals surface area (Å²) in [5.74, 6) is 0.602. The standard InChI is InChI=1S/C20H27N5O5S/c1-21-19(26)15-13-25(23-22-15)18-6-7-20(18)8-10-24(11-9-20)31(27,28)14-4-5-16(29-2)17(12-14)30-3/h4-5,12-13,18H,6-11H2,1-3H3,(H,21,26). The molecule has 1 N–H and O–H groups in total. The van der Waals surface area contributed by atoms with E-state index >= 15 is 0 Å². The van der Waals surface area contributed by atoms with E-state index in [0.29, 0.717) is 24.6 Å². The topological polar surface area (TPSA) is 116 Å². The molecule has 1 aromatic carbocycles. The summed E-state index contributed by atoms with van der Waals surface area (Å²) in [6, 6.07) is 4.78. The Balaban J connectivity index is 1.48. The molecule has 10 nitrogen and oxygen atoms in total. The Kier molecular flexibility index (Phi) is 5.65. The van der Waals surface area contributed by atoms with Gasteiger partial charge in [-0.15, -0.1) is 5.10 Å². The van der Waals surface area contributed by atoms with Gasteiger partial charge in [-0.05, 0) is 43.2 Å². The summed E-state index contributed by atoms with van der Waals surface area (Å²) in [7, 11) is 0.913. The molecule has 1 spiro atoms. The Bertz CT molecular complexity index is 1080. The third-order valence-electron chi connectivity index (χ3n) is 6.62. The predicted molar refractivity (Wildman–Crippen MR) is 112 cm³/mol. The van der Waals surface area contributed by atoms with Gasteiger partial charge in [0.1, 0.15) is 0 Å². The van der Waals surface area contributed by atoms with E-state index in [1.54, 1.807) is 30.1 Å². The van der Waals surface area contributed by atoms with Crippen molar-refractivity contribution in [1.82, 2.24) is 24.6 Å². The van der Waals surface area contributed by atoms with Crippen LogP contribution in [0, 0.1) is 5.41 Å². The third-order valence-corrected chi connectivity index (χ3v) is 8.52. The maximum Gasteiger partial charge on any atom is 0.273 e. The van der Waals surface area contributed by atoms with Gasteiger partial charge in [-0.2, -0.15) is 4.31 Å². The van der Waals surface area contributed by atoms with Gasteiger partial charge in [0.15, 0.2) is 17.2 Å². The summed E-state index contributed by atoms with van der Waals surface area (Å²) < 4.78 is 40.2. The number of piperidine rings is 1. The number of hydrogen-bond acceptors (Lipinski definition) is 7. The number of benzene rings is 1. The molecule has 1 aliphatic heterocycles. The van der Waals surface area contributed by atoms with Crippen LogP contribution in [0.2, 0.25) is 0 Å². The number of nitrogens with one attached hydrogen (secondary N) is 1. The summed E-state index contributed by atoms with van der Waals surface area (Å²) in [6.07, 6.45) is 5.10. The monoisotopic (exact) mass is 449 g/mol. The Labute approximate surface area is 181 Å². The predicted octanol–water partition coefficient (Wildman–Crippen LogP) is 1.46. The Hall–Kier alpha value is -2.66. The van der Waals surface area contributed by atoms with Gasteiger partial charge in [0.2, 0.25) is 10.0 Å². The summed E-state index contributed by atoms with van der Waals surface area (Å²) in [5.41, 5.74) is 0.273. The molecule has 1 amide bonds. The Morgan fingerprint density at radius 3 is 2.45 bits per heavy atom. The molecule has 1 aromatic heterocycles. The van der Waals surface area contributed by atoms with E-state index in [0.717, 1.165) is 25.7 Å². The van der Waals surface area contributed by atoms with Crippen LogP contribution in [-0.2, 0) is 10.0 Å². The van der Waals surface area contributed by atoms with Gasteiger partial charge in [0, 0.05) is 26.2 Å². The highest BCUT2D eigenvalue weighted by molar-refractivity contribution is 7.89. The number of carbonyl (C=O) groups is 1. The average molecular weight is 450 g/mol. The van der Waals surface area contributed by atoms with Gasteiger partial charge < -0.3 is 14.8 Å². The second-order valence-corrected chi connectivity index (χ2v) is 9.94. The molecule has 11 heteroatoms. The fourth-order valence-electron chi connectivity index (χ4n) is 4.64. The van der Waals surface area contributed by atoms with Crippen LogP contribution in [0.5, 0.6) is 11.5 Å². The molecule has 2 heterocycles. The quantitative estimate of drug-likeness (QED) is 0.710. The van der Waals surface area contributed by atoms with Crippen molar-refractivity contribution in [1.29, 1.82) is 0 Å². The van der Waals surface area contributed by atoms with Crippen molar-refractivity contribution in [2.45, 2.75) is 36.6 Å². The first-order valence-electron chi connectivity index (χ1n) is 10.2. The molecule has 0 radical (unpaired) electrons. The van der Waals surface area contributed by atoms with E-state index in [4.69, 9.17) is 9.47 Å². The number of sulfonamides is 1. The number of ether oxygens (including phenoxy) is 2. The van der Waals surface area contributed by atoms with E-state index in [9.17, 15) is 13.2 Å². The molecule has 1 unspecified atom stereocenters. The highest BCUT2D eigenvalue weighted by Crippen LogP contribution is 2.56. The molecule has 31 heavy (non-hydrogen) atoms. The molecular weight excluding hydrogens is 422 g/mol. The molecule has 2 fully saturated rings. The first-order chi connectivity index (χ1) is 14.8.